The van der Waals surface area contributed by atoms with Crippen LogP contribution in [0.25, 0.3) is 0 Å². The van der Waals surface area contributed by atoms with Gasteiger partial charge in [-0.3, -0.25) is 9.69 Å². The largest absolute Gasteiger partial charge is 0.465 e. The van der Waals surface area contributed by atoms with Gasteiger partial charge in [0.1, 0.15) is 6.04 Å². The van der Waals surface area contributed by atoms with Crippen molar-refractivity contribution >= 4 is 21.9 Å². The van der Waals surface area contributed by atoms with Crippen molar-refractivity contribution in [2.24, 2.45) is 5.41 Å². The molecule has 0 amide bonds. The normalized spacial score (nSPS) is 27.2. The highest BCUT2D eigenvalue weighted by molar-refractivity contribution is 9.09. The van der Waals surface area contributed by atoms with Crippen LogP contribution in [0.2, 0.25) is 0 Å². The second kappa shape index (κ2) is 7.79. The molecule has 1 unspecified atom stereocenters. The Bertz CT molecular complexity index is 316. The molecule has 0 radical (unpaired) electrons. The lowest BCUT2D eigenvalue weighted by molar-refractivity contribution is -0.151. The number of halogens is 1. The van der Waals surface area contributed by atoms with Crippen molar-refractivity contribution in [3.05, 3.63) is 0 Å². The summed E-state index contributed by atoms with van der Waals surface area (Å²) in [6, 6.07) is 0.00144. The van der Waals surface area contributed by atoms with Crippen molar-refractivity contribution in [3.63, 3.8) is 0 Å². The van der Waals surface area contributed by atoms with Gasteiger partial charge in [0, 0.05) is 11.9 Å². The number of likely N-dealkylation sites (tertiary alicyclic amines) is 1. The molecule has 0 bridgehead atoms. The molecule has 1 aliphatic heterocycles. The van der Waals surface area contributed by atoms with Gasteiger partial charge in [0.2, 0.25) is 0 Å². The molecule has 20 heavy (non-hydrogen) atoms. The molecule has 1 saturated carbocycles. The fourth-order valence-electron chi connectivity index (χ4n) is 3.75. The molecular formula is C16H28BrNO2. The minimum absolute atomic E-state index is 0.00144. The number of alkyl halides is 1. The Labute approximate surface area is 131 Å². The average molecular weight is 346 g/mol. The SMILES string of the molecule is CCOC(=O)C1CCCCN1CC1(CBr)CCCCC1. The standard InChI is InChI=1S/C16H28BrNO2/c1-2-20-15(19)14-8-4-7-11-18(14)13-16(12-17)9-5-3-6-10-16/h14H,2-13H2,1H3. The number of piperidine rings is 1. The third-order valence-corrected chi connectivity index (χ3v) is 6.10. The molecular weight excluding hydrogens is 318 g/mol. The van der Waals surface area contributed by atoms with E-state index in [9.17, 15) is 4.79 Å². The van der Waals surface area contributed by atoms with Crippen LogP contribution >= 0.6 is 15.9 Å². The van der Waals surface area contributed by atoms with E-state index in [-0.39, 0.29) is 12.0 Å². The molecule has 1 atom stereocenters. The van der Waals surface area contributed by atoms with Gasteiger partial charge in [0.15, 0.2) is 0 Å². The lowest BCUT2D eigenvalue weighted by Crippen LogP contribution is -2.51. The van der Waals surface area contributed by atoms with Crippen LogP contribution in [0.5, 0.6) is 0 Å². The molecule has 1 saturated heterocycles. The fourth-order valence-corrected chi connectivity index (χ4v) is 4.49. The Morgan fingerprint density at radius 3 is 2.65 bits per heavy atom. The van der Waals surface area contributed by atoms with Crippen molar-refractivity contribution in [2.45, 2.75) is 64.3 Å². The van der Waals surface area contributed by atoms with Gasteiger partial charge in [-0.25, -0.2) is 0 Å². The number of hydrogen-bond donors (Lipinski definition) is 0. The average Bonchev–Trinajstić information content (AvgIpc) is 2.49. The first-order chi connectivity index (χ1) is 9.71. The van der Waals surface area contributed by atoms with Crippen LogP contribution in [-0.4, -0.2) is 41.9 Å². The Hall–Kier alpha value is -0.0900. The van der Waals surface area contributed by atoms with E-state index in [1.165, 1.54) is 38.5 Å². The summed E-state index contributed by atoms with van der Waals surface area (Å²) in [4.78, 5) is 14.6. The van der Waals surface area contributed by atoms with Gasteiger partial charge in [-0.2, -0.15) is 0 Å². The Balaban J connectivity index is 2.01. The van der Waals surface area contributed by atoms with E-state index < -0.39 is 0 Å². The summed E-state index contributed by atoms with van der Waals surface area (Å²) < 4.78 is 5.28. The van der Waals surface area contributed by atoms with Crippen LogP contribution in [0.15, 0.2) is 0 Å². The highest BCUT2D eigenvalue weighted by atomic mass is 79.9. The predicted octanol–water partition coefficient (Wildman–Crippen LogP) is 3.75. The molecule has 3 nitrogen and oxygen atoms in total. The first-order valence-electron chi connectivity index (χ1n) is 8.17. The maximum absolute atomic E-state index is 12.2. The van der Waals surface area contributed by atoms with Gasteiger partial charge in [0.05, 0.1) is 6.61 Å². The van der Waals surface area contributed by atoms with E-state index in [0.717, 1.165) is 31.3 Å². The second-order valence-corrected chi connectivity index (χ2v) is 6.99. The minimum Gasteiger partial charge on any atom is -0.465 e. The first-order valence-corrected chi connectivity index (χ1v) is 9.29. The maximum Gasteiger partial charge on any atom is 0.323 e. The lowest BCUT2D eigenvalue weighted by atomic mass is 9.75. The number of rotatable bonds is 5. The molecule has 2 aliphatic rings. The summed E-state index contributed by atoms with van der Waals surface area (Å²) in [5.41, 5.74) is 0.375. The summed E-state index contributed by atoms with van der Waals surface area (Å²) in [6.07, 6.45) is 9.98. The molecule has 0 spiro atoms. The number of hydrogen-bond acceptors (Lipinski definition) is 3. The number of carbonyl (C=O) groups is 1. The Morgan fingerprint density at radius 2 is 2.00 bits per heavy atom. The minimum atomic E-state index is -0.00673. The number of carbonyl (C=O) groups excluding carboxylic acids is 1. The third-order valence-electron chi connectivity index (χ3n) is 4.91. The van der Waals surface area contributed by atoms with Crippen molar-refractivity contribution in [3.8, 4) is 0 Å². The number of ether oxygens (including phenoxy) is 1. The summed E-state index contributed by atoms with van der Waals surface area (Å²) in [6.45, 7) is 4.50. The fraction of sp³-hybridized carbons (Fsp3) is 0.938. The highest BCUT2D eigenvalue weighted by Gasteiger charge is 2.38. The lowest BCUT2D eigenvalue weighted by Gasteiger charge is -2.43. The van der Waals surface area contributed by atoms with Crippen LogP contribution in [0.3, 0.4) is 0 Å². The van der Waals surface area contributed by atoms with Crippen LogP contribution in [0, 0.1) is 5.41 Å². The molecule has 2 fully saturated rings. The second-order valence-electron chi connectivity index (χ2n) is 6.43. The van der Waals surface area contributed by atoms with Gasteiger partial charge in [-0.15, -0.1) is 0 Å². The zero-order chi connectivity index (χ0) is 14.4. The molecule has 4 heteroatoms. The van der Waals surface area contributed by atoms with Crippen LogP contribution < -0.4 is 0 Å². The summed E-state index contributed by atoms with van der Waals surface area (Å²) in [5, 5.41) is 1.06. The molecule has 0 aromatic heterocycles. The van der Waals surface area contributed by atoms with Crippen LogP contribution in [0.4, 0.5) is 0 Å². The maximum atomic E-state index is 12.2. The Morgan fingerprint density at radius 1 is 1.25 bits per heavy atom. The molecule has 116 valence electrons. The number of esters is 1. The quantitative estimate of drug-likeness (QED) is 0.561. The Kier molecular flexibility index (Phi) is 6.34. The van der Waals surface area contributed by atoms with Gasteiger partial charge in [-0.05, 0) is 44.6 Å². The number of nitrogens with zero attached hydrogens (tertiary/aromatic N) is 1. The monoisotopic (exact) mass is 345 g/mol. The van der Waals surface area contributed by atoms with E-state index in [0.29, 0.717) is 12.0 Å². The highest BCUT2D eigenvalue weighted by Crippen LogP contribution is 2.39. The van der Waals surface area contributed by atoms with Crippen molar-refractivity contribution in [1.29, 1.82) is 0 Å². The smallest absolute Gasteiger partial charge is 0.323 e. The summed E-state index contributed by atoms with van der Waals surface area (Å²) >= 11 is 3.74. The van der Waals surface area contributed by atoms with Gasteiger partial charge >= 0.3 is 5.97 Å². The van der Waals surface area contributed by atoms with Gasteiger partial charge < -0.3 is 4.74 Å². The van der Waals surface area contributed by atoms with E-state index >= 15 is 0 Å². The molecule has 0 aromatic carbocycles. The molecule has 0 aromatic rings. The van der Waals surface area contributed by atoms with Crippen molar-refractivity contribution < 1.29 is 9.53 Å². The molecule has 1 heterocycles. The van der Waals surface area contributed by atoms with E-state index in [1.807, 2.05) is 6.92 Å². The summed E-state index contributed by atoms with van der Waals surface area (Å²) in [7, 11) is 0. The predicted molar refractivity (Wildman–Crippen MR) is 85.2 cm³/mol. The van der Waals surface area contributed by atoms with E-state index in [1.54, 1.807) is 0 Å². The third kappa shape index (κ3) is 3.97. The van der Waals surface area contributed by atoms with Gasteiger partial charge in [-0.1, -0.05) is 41.6 Å². The first kappa shape index (κ1) is 16.3. The van der Waals surface area contributed by atoms with E-state index in [2.05, 4.69) is 20.8 Å². The molecule has 1 aliphatic carbocycles. The molecule has 0 N–H and O–H groups in total. The van der Waals surface area contributed by atoms with Gasteiger partial charge in [0.25, 0.3) is 0 Å². The van der Waals surface area contributed by atoms with Crippen LogP contribution in [-0.2, 0) is 9.53 Å². The molecule has 2 rings (SSSR count). The van der Waals surface area contributed by atoms with Crippen LogP contribution in [0.1, 0.15) is 58.3 Å². The van der Waals surface area contributed by atoms with Crippen molar-refractivity contribution in [1.82, 2.24) is 4.90 Å². The summed E-state index contributed by atoms with van der Waals surface area (Å²) in [5.74, 6) is -0.00673. The zero-order valence-corrected chi connectivity index (χ0v) is 14.3. The zero-order valence-electron chi connectivity index (χ0n) is 12.7. The topological polar surface area (TPSA) is 29.5 Å². The van der Waals surface area contributed by atoms with Crippen molar-refractivity contribution in [2.75, 3.05) is 25.0 Å². The van der Waals surface area contributed by atoms with E-state index in [4.69, 9.17) is 4.74 Å².